The van der Waals surface area contributed by atoms with E-state index >= 15 is 0 Å². The summed E-state index contributed by atoms with van der Waals surface area (Å²) in [5, 5.41) is 0. The number of primary amides is 1. The third-order valence-electron chi connectivity index (χ3n) is 4.76. The molecular formula is C18H23N3O4. The lowest BCUT2D eigenvalue weighted by atomic mass is 9.95. The molecule has 1 aromatic carbocycles. The van der Waals surface area contributed by atoms with Crippen molar-refractivity contribution < 1.29 is 19.1 Å². The van der Waals surface area contributed by atoms with Crippen LogP contribution in [0.25, 0.3) is 0 Å². The number of para-hydroxylation sites is 1. The van der Waals surface area contributed by atoms with Crippen molar-refractivity contribution in [3.8, 4) is 5.75 Å². The Hall–Kier alpha value is -2.57. The molecule has 1 saturated heterocycles. The molecule has 0 bridgehead atoms. The molecule has 0 aromatic heterocycles. The monoisotopic (exact) mass is 345 g/mol. The Labute approximate surface area is 146 Å². The molecule has 3 rings (SSSR count). The predicted octanol–water partition coefficient (Wildman–Crippen LogP) is 0.174. The number of hydrogen-bond donors (Lipinski definition) is 1. The van der Waals surface area contributed by atoms with E-state index in [2.05, 4.69) is 0 Å². The van der Waals surface area contributed by atoms with Gasteiger partial charge in [-0.2, -0.15) is 0 Å². The molecule has 1 unspecified atom stereocenters. The van der Waals surface area contributed by atoms with Crippen molar-refractivity contribution in [3.05, 3.63) is 29.8 Å². The molecule has 2 heterocycles. The molecule has 3 amide bonds. The molecule has 134 valence electrons. The van der Waals surface area contributed by atoms with E-state index in [-0.39, 0.29) is 30.6 Å². The Morgan fingerprint density at radius 2 is 1.72 bits per heavy atom. The number of piperazine rings is 1. The maximum atomic E-state index is 12.7. The third kappa shape index (κ3) is 4.10. The van der Waals surface area contributed by atoms with Gasteiger partial charge in [0, 0.05) is 39.0 Å². The van der Waals surface area contributed by atoms with Gasteiger partial charge in [0.25, 0.3) is 0 Å². The minimum atomic E-state index is -0.472. The fourth-order valence-corrected chi connectivity index (χ4v) is 3.31. The van der Waals surface area contributed by atoms with Crippen LogP contribution in [0.5, 0.6) is 5.75 Å². The van der Waals surface area contributed by atoms with Gasteiger partial charge in [-0.1, -0.05) is 18.2 Å². The third-order valence-corrected chi connectivity index (χ3v) is 4.76. The van der Waals surface area contributed by atoms with Crippen LogP contribution in [0, 0.1) is 5.92 Å². The van der Waals surface area contributed by atoms with E-state index in [1.165, 1.54) is 0 Å². The zero-order valence-electron chi connectivity index (χ0n) is 14.1. The average Bonchev–Trinajstić information content (AvgIpc) is 2.65. The number of rotatable bonds is 4. The van der Waals surface area contributed by atoms with Crippen molar-refractivity contribution in [2.75, 3.05) is 32.8 Å². The number of carbonyl (C=O) groups is 3. The van der Waals surface area contributed by atoms with Crippen LogP contribution in [0.3, 0.4) is 0 Å². The lowest BCUT2D eigenvalue weighted by molar-refractivity contribution is -0.143. The molecule has 25 heavy (non-hydrogen) atoms. The molecule has 0 radical (unpaired) electrons. The summed E-state index contributed by atoms with van der Waals surface area (Å²) in [4.78, 5) is 39.0. The van der Waals surface area contributed by atoms with Crippen LogP contribution in [-0.2, 0) is 20.8 Å². The van der Waals surface area contributed by atoms with Crippen LogP contribution >= 0.6 is 0 Å². The van der Waals surface area contributed by atoms with Crippen molar-refractivity contribution in [3.63, 3.8) is 0 Å². The van der Waals surface area contributed by atoms with E-state index in [0.29, 0.717) is 39.2 Å². The maximum absolute atomic E-state index is 12.7. The molecule has 2 aliphatic heterocycles. The number of amides is 3. The van der Waals surface area contributed by atoms with E-state index in [1.54, 1.807) is 9.80 Å². The lowest BCUT2D eigenvalue weighted by Gasteiger charge is -2.37. The SMILES string of the molecule is NC(=O)CCC(=O)N1CCN(C(=O)C2COc3ccccc3C2)CC1. The summed E-state index contributed by atoms with van der Waals surface area (Å²) in [5.74, 6) is 0.211. The van der Waals surface area contributed by atoms with Crippen LogP contribution in [0.15, 0.2) is 24.3 Å². The molecule has 7 nitrogen and oxygen atoms in total. The fourth-order valence-electron chi connectivity index (χ4n) is 3.31. The van der Waals surface area contributed by atoms with Crippen LogP contribution in [-0.4, -0.2) is 60.3 Å². The summed E-state index contributed by atoms with van der Waals surface area (Å²) in [6.07, 6.45) is 0.889. The zero-order valence-corrected chi connectivity index (χ0v) is 14.1. The van der Waals surface area contributed by atoms with Crippen molar-refractivity contribution >= 4 is 17.7 Å². The minimum absolute atomic E-state index is 0.0663. The number of nitrogens with zero attached hydrogens (tertiary/aromatic N) is 2. The second-order valence-corrected chi connectivity index (χ2v) is 6.49. The summed E-state index contributed by atoms with van der Waals surface area (Å²) in [6.45, 7) is 2.41. The summed E-state index contributed by atoms with van der Waals surface area (Å²) < 4.78 is 5.71. The van der Waals surface area contributed by atoms with E-state index in [9.17, 15) is 14.4 Å². The molecule has 2 aliphatic rings. The molecule has 1 fully saturated rings. The number of benzene rings is 1. The first-order chi connectivity index (χ1) is 12.0. The van der Waals surface area contributed by atoms with Gasteiger partial charge >= 0.3 is 0 Å². The van der Waals surface area contributed by atoms with Gasteiger partial charge in [-0.05, 0) is 18.1 Å². The summed E-state index contributed by atoms with van der Waals surface area (Å²) in [7, 11) is 0. The van der Waals surface area contributed by atoms with Crippen molar-refractivity contribution in [2.24, 2.45) is 11.7 Å². The quantitative estimate of drug-likeness (QED) is 0.842. The second-order valence-electron chi connectivity index (χ2n) is 6.49. The topological polar surface area (TPSA) is 92.9 Å². The standard InChI is InChI=1S/C18H23N3O4/c19-16(22)5-6-17(23)20-7-9-21(10-8-20)18(24)14-11-13-3-1-2-4-15(13)25-12-14/h1-4,14H,5-12H2,(H2,19,22). The first-order valence-electron chi connectivity index (χ1n) is 8.60. The molecular weight excluding hydrogens is 322 g/mol. The largest absolute Gasteiger partial charge is 0.492 e. The number of hydrogen-bond acceptors (Lipinski definition) is 4. The van der Waals surface area contributed by atoms with Crippen molar-refractivity contribution in [1.82, 2.24) is 9.80 Å². The van der Waals surface area contributed by atoms with Gasteiger partial charge in [0.2, 0.25) is 17.7 Å². The predicted molar refractivity (Wildman–Crippen MR) is 90.7 cm³/mol. The molecule has 1 atom stereocenters. The van der Waals surface area contributed by atoms with E-state index in [1.807, 2.05) is 24.3 Å². The second kappa shape index (κ2) is 7.55. The van der Waals surface area contributed by atoms with E-state index in [4.69, 9.17) is 10.5 Å². The Balaban J connectivity index is 1.51. The molecule has 2 N–H and O–H groups in total. The Morgan fingerprint density at radius 1 is 1.04 bits per heavy atom. The maximum Gasteiger partial charge on any atom is 0.229 e. The van der Waals surface area contributed by atoms with Crippen LogP contribution < -0.4 is 10.5 Å². The van der Waals surface area contributed by atoms with Gasteiger partial charge < -0.3 is 20.3 Å². The highest BCUT2D eigenvalue weighted by atomic mass is 16.5. The minimum Gasteiger partial charge on any atom is -0.492 e. The highest BCUT2D eigenvalue weighted by Gasteiger charge is 2.32. The smallest absolute Gasteiger partial charge is 0.229 e. The zero-order chi connectivity index (χ0) is 17.8. The number of ether oxygens (including phenoxy) is 1. The first kappa shape index (κ1) is 17.3. The van der Waals surface area contributed by atoms with Gasteiger partial charge in [0.1, 0.15) is 12.4 Å². The van der Waals surface area contributed by atoms with Gasteiger partial charge in [-0.25, -0.2) is 0 Å². The highest BCUT2D eigenvalue weighted by Crippen LogP contribution is 2.28. The normalized spacial score (nSPS) is 19.8. The fraction of sp³-hybridized carbons (Fsp3) is 0.500. The van der Waals surface area contributed by atoms with E-state index < -0.39 is 5.91 Å². The molecule has 0 saturated carbocycles. The van der Waals surface area contributed by atoms with Crippen LogP contribution in [0.1, 0.15) is 18.4 Å². The average molecular weight is 345 g/mol. The Kier molecular flexibility index (Phi) is 5.21. The summed E-state index contributed by atoms with van der Waals surface area (Å²) in [6, 6.07) is 7.79. The first-order valence-corrected chi connectivity index (χ1v) is 8.60. The van der Waals surface area contributed by atoms with Gasteiger partial charge in [0.15, 0.2) is 0 Å². The Bertz CT molecular complexity index is 668. The number of fused-ring (bicyclic) bond motifs is 1. The Morgan fingerprint density at radius 3 is 2.44 bits per heavy atom. The molecule has 1 aromatic rings. The van der Waals surface area contributed by atoms with Crippen molar-refractivity contribution in [1.29, 1.82) is 0 Å². The molecule has 0 spiro atoms. The summed E-state index contributed by atoms with van der Waals surface area (Å²) >= 11 is 0. The lowest BCUT2D eigenvalue weighted by Crippen LogP contribution is -2.53. The van der Waals surface area contributed by atoms with Crippen LogP contribution in [0.4, 0.5) is 0 Å². The van der Waals surface area contributed by atoms with Crippen LogP contribution in [0.2, 0.25) is 0 Å². The van der Waals surface area contributed by atoms with Crippen molar-refractivity contribution in [2.45, 2.75) is 19.3 Å². The van der Waals surface area contributed by atoms with E-state index in [0.717, 1.165) is 11.3 Å². The van der Waals surface area contributed by atoms with Gasteiger partial charge in [-0.15, -0.1) is 0 Å². The molecule has 0 aliphatic carbocycles. The molecule has 7 heteroatoms. The van der Waals surface area contributed by atoms with Gasteiger partial charge in [0.05, 0.1) is 5.92 Å². The number of carbonyl (C=O) groups excluding carboxylic acids is 3. The highest BCUT2D eigenvalue weighted by molar-refractivity contribution is 5.83. The summed E-state index contributed by atoms with van der Waals surface area (Å²) in [5.41, 5.74) is 6.14. The van der Waals surface area contributed by atoms with Gasteiger partial charge in [-0.3, -0.25) is 14.4 Å². The number of nitrogens with two attached hydrogens (primary N) is 1.